The zero-order chi connectivity index (χ0) is 12.1. The van der Waals surface area contributed by atoms with Gasteiger partial charge in [-0.1, -0.05) is 0 Å². The van der Waals surface area contributed by atoms with Crippen molar-refractivity contribution in [3.05, 3.63) is 40.3 Å². The van der Waals surface area contributed by atoms with Crippen LogP contribution in [0.15, 0.2) is 34.5 Å². The number of alkyl halides is 1. The van der Waals surface area contributed by atoms with E-state index in [0.717, 1.165) is 16.5 Å². The SMILES string of the molecule is CSc1ccc(OCc2nc(CCl)cs2)cc1. The maximum Gasteiger partial charge on any atom is 0.140 e. The van der Waals surface area contributed by atoms with E-state index in [4.69, 9.17) is 16.3 Å². The number of benzene rings is 1. The minimum absolute atomic E-state index is 0.457. The minimum atomic E-state index is 0.457. The van der Waals surface area contributed by atoms with Gasteiger partial charge >= 0.3 is 0 Å². The second-order valence-electron chi connectivity index (χ2n) is 3.33. The second-order valence-corrected chi connectivity index (χ2v) is 5.42. The molecule has 0 radical (unpaired) electrons. The average molecular weight is 286 g/mol. The predicted molar refractivity (Wildman–Crippen MR) is 74.2 cm³/mol. The first-order valence-electron chi connectivity index (χ1n) is 5.08. The summed E-state index contributed by atoms with van der Waals surface area (Å²) in [7, 11) is 0. The van der Waals surface area contributed by atoms with Gasteiger partial charge in [-0.2, -0.15) is 0 Å². The highest BCUT2D eigenvalue weighted by atomic mass is 35.5. The molecule has 1 aromatic carbocycles. The lowest BCUT2D eigenvalue weighted by molar-refractivity contribution is 0.305. The molecule has 0 N–H and O–H groups in total. The van der Waals surface area contributed by atoms with E-state index >= 15 is 0 Å². The Morgan fingerprint density at radius 1 is 1.35 bits per heavy atom. The van der Waals surface area contributed by atoms with Crippen LogP contribution in [0.25, 0.3) is 0 Å². The van der Waals surface area contributed by atoms with Crippen LogP contribution in [-0.4, -0.2) is 11.2 Å². The van der Waals surface area contributed by atoms with Gasteiger partial charge in [-0.3, -0.25) is 0 Å². The molecule has 17 heavy (non-hydrogen) atoms. The van der Waals surface area contributed by atoms with Crippen LogP contribution in [0.3, 0.4) is 0 Å². The van der Waals surface area contributed by atoms with Crippen molar-refractivity contribution >= 4 is 34.7 Å². The Balaban J connectivity index is 1.92. The number of aromatic nitrogens is 1. The maximum absolute atomic E-state index is 5.69. The molecule has 0 fully saturated rings. The summed E-state index contributed by atoms with van der Waals surface area (Å²) in [5.41, 5.74) is 0.910. The number of thiazole rings is 1. The summed E-state index contributed by atoms with van der Waals surface area (Å²) in [6.07, 6.45) is 2.05. The fourth-order valence-electron chi connectivity index (χ4n) is 1.29. The summed E-state index contributed by atoms with van der Waals surface area (Å²) < 4.78 is 5.64. The Bertz CT molecular complexity index is 470. The predicted octanol–water partition coefficient (Wildman–Crippen LogP) is 4.18. The fourth-order valence-corrected chi connectivity index (χ4v) is 2.64. The van der Waals surface area contributed by atoms with Crippen molar-refractivity contribution in [2.45, 2.75) is 17.4 Å². The van der Waals surface area contributed by atoms with Gasteiger partial charge in [-0.25, -0.2) is 4.98 Å². The first kappa shape index (κ1) is 12.7. The van der Waals surface area contributed by atoms with Crippen LogP contribution in [0.1, 0.15) is 10.7 Å². The van der Waals surface area contributed by atoms with Gasteiger partial charge in [-0.05, 0) is 30.5 Å². The molecule has 0 bridgehead atoms. The Morgan fingerprint density at radius 2 is 2.12 bits per heavy atom. The highest BCUT2D eigenvalue weighted by Crippen LogP contribution is 2.20. The average Bonchev–Trinajstić information content (AvgIpc) is 2.85. The lowest BCUT2D eigenvalue weighted by atomic mass is 10.3. The molecule has 0 atom stereocenters. The summed E-state index contributed by atoms with van der Waals surface area (Å²) in [5.74, 6) is 1.32. The van der Waals surface area contributed by atoms with Gasteiger partial charge in [0, 0.05) is 10.3 Å². The number of hydrogen-bond donors (Lipinski definition) is 0. The van der Waals surface area contributed by atoms with Crippen molar-refractivity contribution in [2.75, 3.05) is 6.26 Å². The van der Waals surface area contributed by atoms with Crippen molar-refractivity contribution in [2.24, 2.45) is 0 Å². The van der Waals surface area contributed by atoms with Gasteiger partial charge in [0.2, 0.25) is 0 Å². The topological polar surface area (TPSA) is 22.1 Å². The van der Waals surface area contributed by atoms with E-state index in [2.05, 4.69) is 11.2 Å². The maximum atomic E-state index is 5.69. The summed E-state index contributed by atoms with van der Waals surface area (Å²) in [5, 5.41) is 2.91. The Hall–Kier alpha value is -0.710. The van der Waals surface area contributed by atoms with E-state index in [9.17, 15) is 0 Å². The highest BCUT2D eigenvalue weighted by molar-refractivity contribution is 7.98. The van der Waals surface area contributed by atoms with Crippen LogP contribution in [0.5, 0.6) is 5.75 Å². The van der Waals surface area contributed by atoms with E-state index in [-0.39, 0.29) is 0 Å². The summed E-state index contributed by atoms with van der Waals surface area (Å²) in [4.78, 5) is 5.57. The van der Waals surface area contributed by atoms with Crippen molar-refractivity contribution in [3.63, 3.8) is 0 Å². The molecule has 5 heteroatoms. The molecule has 0 aliphatic carbocycles. The summed E-state index contributed by atoms with van der Waals surface area (Å²) in [6, 6.07) is 8.04. The van der Waals surface area contributed by atoms with Crippen LogP contribution in [0.4, 0.5) is 0 Å². The fraction of sp³-hybridized carbons (Fsp3) is 0.250. The number of halogens is 1. The van der Waals surface area contributed by atoms with Gasteiger partial charge in [-0.15, -0.1) is 34.7 Å². The first-order chi connectivity index (χ1) is 8.31. The minimum Gasteiger partial charge on any atom is -0.486 e. The van der Waals surface area contributed by atoms with Gasteiger partial charge in [0.25, 0.3) is 0 Å². The van der Waals surface area contributed by atoms with E-state index in [1.807, 2.05) is 29.6 Å². The lowest BCUT2D eigenvalue weighted by Crippen LogP contribution is -1.94. The molecule has 1 heterocycles. The lowest BCUT2D eigenvalue weighted by Gasteiger charge is -2.04. The molecule has 0 aliphatic rings. The standard InChI is InChI=1S/C12H12ClNOS2/c1-16-11-4-2-10(3-5-11)15-7-12-14-9(6-13)8-17-12/h2-5,8H,6-7H2,1H3. The highest BCUT2D eigenvalue weighted by Gasteiger charge is 2.02. The molecule has 1 aromatic heterocycles. The normalized spacial score (nSPS) is 10.5. The summed E-state index contributed by atoms with van der Waals surface area (Å²) in [6.45, 7) is 0.500. The molecule has 0 aliphatic heterocycles. The van der Waals surface area contributed by atoms with Gasteiger partial charge in [0.1, 0.15) is 17.4 Å². The molecule has 0 spiro atoms. The van der Waals surface area contributed by atoms with Crippen molar-refractivity contribution in [3.8, 4) is 5.75 Å². The van der Waals surface area contributed by atoms with Crippen molar-refractivity contribution in [1.82, 2.24) is 4.98 Å². The Morgan fingerprint density at radius 3 is 2.71 bits per heavy atom. The molecule has 90 valence electrons. The molecule has 0 saturated heterocycles. The molecule has 0 amide bonds. The molecule has 2 nitrogen and oxygen atoms in total. The number of rotatable bonds is 5. The van der Waals surface area contributed by atoms with Crippen LogP contribution >= 0.6 is 34.7 Å². The van der Waals surface area contributed by atoms with Gasteiger partial charge < -0.3 is 4.74 Å². The number of hydrogen-bond acceptors (Lipinski definition) is 4. The van der Waals surface area contributed by atoms with E-state index < -0.39 is 0 Å². The Labute approximate surface area is 114 Å². The third-order valence-corrected chi connectivity index (χ3v) is 4.05. The molecule has 0 unspecified atom stereocenters. The monoisotopic (exact) mass is 285 g/mol. The van der Waals surface area contributed by atoms with Crippen LogP contribution in [0.2, 0.25) is 0 Å². The van der Waals surface area contributed by atoms with E-state index in [1.54, 1.807) is 23.1 Å². The number of thioether (sulfide) groups is 1. The molecule has 2 aromatic rings. The molecule has 0 saturated carbocycles. The van der Waals surface area contributed by atoms with Crippen LogP contribution < -0.4 is 4.74 Å². The second kappa shape index (κ2) is 6.28. The smallest absolute Gasteiger partial charge is 0.140 e. The quantitative estimate of drug-likeness (QED) is 0.608. The zero-order valence-corrected chi connectivity index (χ0v) is 11.7. The van der Waals surface area contributed by atoms with Crippen molar-refractivity contribution < 1.29 is 4.74 Å². The third kappa shape index (κ3) is 3.63. The van der Waals surface area contributed by atoms with Crippen LogP contribution in [-0.2, 0) is 12.5 Å². The van der Waals surface area contributed by atoms with E-state index in [0.29, 0.717) is 12.5 Å². The zero-order valence-electron chi connectivity index (χ0n) is 9.35. The largest absolute Gasteiger partial charge is 0.486 e. The first-order valence-corrected chi connectivity index (χ1v) is 7.72. The molecular weight excluding hydrogens is 274 g/mol. The van der Waals surface area contributed by atoms with E-state index in [1.165, 1.54) is 4.90 Å². The molecule has 2 rings (SSSR count). The summed E-state index contributed by atoms with van der Waals surface area (Å²) >= 11 is 8.99. The van der Waals surface area contributed by atoms with Crippen LogP contribution in [0, 0.1) is 0 Å². The van der Waals surface area contributed by atoms with Gasteiger partial charge in [0.05, 0.1) is 11.6 Å². The number of nitrogens with zero attached hydrogens (tertiary/aromatic N) is 1. The van der Waals surface area contributed by atoms with Crippen molar-refractivity contribution in [1.29, 1.82) is 0 Å². The van der Waals surface area contributed by atoms with Gasteiger partial charge in [0.15, 0.2) is 0 Å². The third-order valence-electron chi connectivity index (χ3n) is 2.16. The number of ether oxygens (including phenoxy) is 1. The Kier molecular flexibility index (Phi) is 4.71. The molecular formula is C12H12ClNOS2.